The third-order valence-corrected chi connectivity index (χ3v) is 25.8. The van der Waals surface area contributed by atoms with Crippen LogP contribution in [0, 0.1) is 54.8 Å². The third kappa shape index (κ3) is 27.9. The quantitative estimate of drug-likeness (QED) is 0.0333. The van der Waals surface area contributed by atoms with Gasteiger partial charge >= 0.3 is 0 Å². The number of hydrogen-bond acceptors (Lipinski definition) is 27. The third-order valence-electron chi connectivity index (χ3n) is 21.5. The lowest BCUT2D eigenvalue weighted by Gasteiger charge is -2.26. The second-order valence-corrected chi connectivity index (χ2v) is 44.1. The lowest BCUT2D eigenvalue weighted by Crippen LogP contribution is -2.32. The first-order valence-corrected chi connectivity index (χ1v) is 53.9. The number of sulfone groups is 4. The minimum atomic E-state index is -3.23. The number of aryl methyl sites for hydroxylation is 2. The molecule has 1 fully saturated rings. The van der Waals surface area contributed by atoms with Crippen LogP contribution in [0.4, 0.5) is 0 Å². The Bertz CT molecular complexity index is 7980. The lowest BCUT2D eigenvalue weighted by molar-refractivity contribution is -0.0508. The van der Waals surface area contributed by atoms with Gasteiger partial charge < -0.3 is 56.3 Å². The minimum Gasteiger partial charge on any atom is -0.491 e. The Morgan fingerprint density at radius 2 is 0.845 bits per heavy atom. The fraction of sp³-hybridized carbons (Fsp3) is 0.262. The van der Waals surface area contributed by atoms with E-state index < -0.39 is 39.3 Å². The van der Waals surface area contributed by atoms with E-state index in [0.29, 0.717) is 163 Å². The molecule has 142 heavy (non-hydrogen) atoms. The summed E-state index contributed by atoms with van der Waals surface area (Å²) >= 11 is 26.1. The van der Waals surface area contributed by atoms with Crippen molar-refractivity contribution in [2.45, 2.75) is 90.2 Å². The molecule has 8 aromatic heterocycles. The van der Waals surface area contributed by atoms with Crippen molar-refractivity contribution in [3.05, 3.63) is 301 Å². The van der Waals surface area contributed by atoms with Crippen LogP contribution >= 0.6 is 46.4 Å². The fourth-order valence-electron chi connectivity index (χ4n) is 14.9. The van der Waals surface area contributed by atoms with Crippen LogP contribution in [0.25, 0.3) is 71.9 Å². The first-order chi connectivity index (χ1) is 67.8. The number of aromatic nitrogens is 13. The number of fused-ring (bicyclic) bond motifs is 4. The maximum absolute atomic E-state index is 11.5. The van der Waals surface area contributed by atoms with Gasteiger partial charge in [-0.25, -0.2) is 73.5 Å². The standard InChI is InChI=1S/C27H24ClN3O5S.C27H26ClN3O4S.C25H24ClN5O4S.C24H24ClN3O4S/c1-3-19-10-22(12-24(28)27(19)36-15-18-13-34-14-18)31-9-7-20-11-23(4-5-25(20)31)35-16-21-6-8-29-26(30-21)17-37(2,32)33;1-5-19-12-22(14-24(28)27(19)35-15-18(2)3)31-11-9-20-13-23(6-7-25(20)31)34-16-21-8-10-29-26(30-21)17-36(4,32)33;1-4-9-34-25-17(13-27)10-16(11-21(25)26)24-20-6-5-19(12-22(20)31(2)30-24)35-14-18-7-8-28-23(29-18)15-36(3,32)33;1-16-10-19(12-22(25)21(16)14-31-2)28-9-7-17-11-20(4-5-23(17)28)32-13-18-6-8-26-24(27-18)15-33(3,29)30/h1,4-12,18H,13-17H2,2H3;1,6-14,18H,15-17H2,2-4H3;5-8,10-12H,4,9,14-15H2,1-3H3;4-12H,13-15H2,1-3H3. The minimum absolute atomic E-state index is 0.149. The van der Waals surface area contributed by atoms with Gasteiger partial charge in [0.15, 0.2) is 56.6 Å². The Morgan fingerprint density at radius 3 is 1.22 bits per heavy atom. The van der Waals surface area contributed by atoms with Gasteiger partial charge in [-0.15, -0.1) is 12.8 Å². The van der Waals surface area contributed by atoms with Crippen molar-refractivity contribution in [3.63, 3.8) is 0 Å². The van der Waals surface area contributed by atoms with Crippen molar-refractivity contribution in [2.24, 2.45) is 18.9 Å². The normalized spacial score (nSPS) is 12.1. The summed E-state index contributed by atoms with van der Waals surface area (Å²) < 4.78 is 151. The summed E-state index contributed by atoms with van der Waals surface area (Å²) in [4.78, 5) is 33.1. The highest BCUT2D eigenvalue weighted by atomic mass is 35.5. The van der Waals surface area contributed by atoms with Gasteiger partial charge in [0.2, 0.25) is 0 Å². The summed E-state index contributed by atoms with van der Waals surface area (Å²) in [5.74, 6) is 10.2. The number of halogens is 4. The van der Waals surface area contributed by atoms with Gasteiger partial charge in [-0.05, 0) is 188 Å². The molecular weight excluding hydrogens is 1980 g/mol. The first kappa shape index (κ1) is 104. The lowest BCUT2D eigenvalue weighted by atomic mass is 10.0. The predicted molar refractivity (Wildman–Crippen MR) is 548 cm³/mol. The maximum atomic E-state index is 11.5. The Kier molecular flexibility index (Phi) is 34.0. The van der Waals surface area contributed by atoms with E-state index in [1.807, 2.05) is 170 Å². The summed E-state index contributed by atoms with van der Waals surface area (Å²) in [5.41, 5.74) is 13.7. The zero-order chi connectivity index (χ0) is 101. The molecule has 0 N–H and O–H groups in total. The van der Waals surface area contributed by atoms with Crippen LogP contribution in [0.3, 0.4) is 0 Å². The van der Waals surface area contributed by atoms with Crippen molar-refractivity contribution in [3.8, 4) is 99.3 Å². The van der Waals surface area contributed by atoms with Gasteiger partial charge in [-0.1, -0.05) is 79.0 Å². The maximum Gasteiger partial charge on any atom is 0.155 e. The molecular formula is C103H98Cl4N14O17S4. The van der Waals surface area contributed by atoms with E-state index in [4.69, 9.17) is 102 Å². The van der Waals surface area contributed by atoms with Crippen molar-refractivity contribution < 1.29 is 76.3 Å². The molecule has 31 nitrogen and oxygen atoms in total. The number of methoxy groups -OCH3 is 1. The molecule has 1 aliphatic rings. The summed E-state index contributed by atoms with van der Waals surface area (Å²) in [6.45, 7) is 12.2. The van der Waals surface area contributed by atoms with Crippen molar-refractivity contribution in [1.29, 1.82) is 5.26 Å². The van der Waals surface area contributed by atoms with Crippen LogP contribution in [-0.2, 0) is 112 Å². The highest BCUT2D eigenvalue weighted by molar-refractivity contribution is 7.90. The molecule has 0 unspecified atom stereocenters. The molecule has 0 bridgehead atoms. The smallest absolute Gasteiger partial charge is 0.155 e. The van der Waals surface area contributed by atoms with E-state index in [1.54, 1.807) is 54.4 Å². The topological polar surface area (TPSA) is 379 Å². The molecule has 0 atom stereocenters. The fourth-order valence-corrected chi connectivity index (χ4v) is 18.5. The SMILES string of the molecule is C#Cc1cc(-n2ccc3cc(OCc4ccnc(CS(C)(=O)=O)n4)ccc32)cc(Cl)c1OCC(C)C.C#Cc1cc(-n2ccc3cc(OCc4ccnc(CS(C)(=O)=O)n4)ccc32)cc(Cl)c1OCC1COC1.CCCOc1c(Cl)cc(-c2nn(C)c3cc(OCc4ccnc(CS(C)(=O)=O)n4)ccc23)cc1C#N.COCc1c(C)cc(-n2ccc3cc(OCc4ccnc(CS(C)(=O)=O)n4)ccc32)cc1Cl. The average molecular weight is 2070 g/mol. The van der Waals surface area contributed by atoms with Crippen LogP contribution < -0.4 is 33.2 Å². The van der Waals surface area contributed by atoms with Gasteiger partial charge in [-0.3, -0.25) is 4.68 Å². The Labute approximate surface area is 842 Å². The van der Waals surface area contributed by atoms with E-state index in [-0.39, 0.29) is 72.7 Å². The Hall–Kier alpha value is -13.7. The van der Waals surface area contributed by atoms with E-state index in [9.17, 15) is 38.9 Å². The van der Waals surface area contributed by atoms with E-state index >= 15 is 0 Å². The second-order valence-electron chi connectivity index (χ2n) is 33.9. The molecule has 0 aliphatic carbocycles. The molecule has 16 aromatic rings. The van der Waals surface area contributed by atoms with Crippen LogP contribution in [0.1, 0.15) is 101 Å². The molecule has 17 rings (SSSR count). The number of nitriles is 1. The van der Waals surface area contributed by atoms with Gasteiger partial charge in [0.1, 0.15) is 107 Å². The molecule has 1 saturated heterocycles. The van der Waals surface area contributed by atoms with Gasteiger partial charge in [0.05, 0.1) is 116 Å². The largest absolute Gasteiger partial charge is 0.491 e. The Balaban J connectivity index is 0.000000151. The zero-order valence-corrected chi connectivity index (χ0v) is 85.2. The van der Waals surface area contributed by atoms with Gasteiger partial charge in [-0.2, -0.15) is 10.4 Å². The first-order valence-electron chi connectivity index (χ1n) is 44.2. The second kappa shape index (κ2) is 46.3. The van der Waals surface area contributed by atoms with E-state index in [0.717, 1.165) is 103 Å². The molecule has 39 heteroatoms. The average Bonchev–Trinajstić information content (AvgIpc) is 1.59. The van der Waals surface area contributed by atoms with Crippen LogP contribution in [-0.4, -0.2) is 162 Å². The molecule has 0 amide bonds. The highest BCUT2D eigenvalue weighted by Crippen LogP contribution is 2.41. The molecule has 9 heterocycles. The number of ether oxygens (including phenoxy) is 9. The van der Waals surface area contributed by atoms with Crippen LogP contribution in [0.5, 0.6) is 40.2 Å². The molecule has 0 saturated carbocycles. The molecule has 0 radical (unpaired) electrons. The molecule has 734 valence electrons. The zero-order valence-electron chi connectivity index (χ0n) is 78.9. The van der Waals surface area contributed by atoms with Crippen molar-refractivity contribution >= 4 is 129 Å². The van der Waals surface area contributed by atoms with Crippen molar-refractivity contribution in [1.82, 2.24) is 63.4 Å². The van der Waals surface area contributed by atoms with Crippen molar-refractivity contribution in [2.75, 3.05) is 65.2 Å². The monoisotopic (exact) mass is 2070 g/mol. The molecule has 8 aromatic carbocycles. The van der Waals surface area contributed by atoms with Gasteiger partial charge in [0, 0.05) is 144 Å². The highest BCUT2D eigenvalue weighted by Gasteiger charge is 2.25. The van der Waals surface area contributed by atoms with E-state index in [1.165, 1.54) is 18.6 Å². The summed E-state index contributed by atoms with van der Waals surface area (Å²) in [5, 5.41) is 20.0. The van der Waals surface area contributed by atoms with Crippen LogP contribution in [0.2, 0.25) is 20.1 Å². The summed E-state index contributed by atoms with van der Waals surface area (Å²) in [6.07, 6.45) is 28.9. The molecule has 1 aliphatic heterocycles. The Morgan fingerprint density at radius 1 is 0.458 bits per heavy atom. The van der Waals surface area contributed by atoms with E-state index in [2.05, 4.69) is 87.4 Å². The number of terminal acetylenes is 2. The van der Waals surface area contributed by atoms with Crippen LogP contribution in [0.15, 0.2) is 207 Å². The number of rotatable bonds is 35. The van der Waals surface area contributed by atoms with Gasteiger partial charge in [0.25, 0.3) is 0 Å². The number of nitrogens with zero attached hydrogens (tertiary/aromatic N) is 14. The summed E-state index contributed by atoms with van der Waals surface area (Å²) in [6, 6.07) is 52.7. The molecule has 0 spiro atoms. The number of hydrogen-bond donors (Lipinski definition) is 0. The predicted octanol–water partition coefficient (Wildman–Crippen LogP) is 18.5. The summed E-state index contributed by atoms with van der Waals surface area (Å²) in [7, 11) is -9.39. The number of benzene rings is 8.